The van der Waals surface area contributed by atoms with Gasteiger partial charge in [-0.05, 0) is 59.2 Å². The molecule has 12 heteroatoms. The third-order valence-corrected chi connectivity index (χ3v) is 3.26. The van der Waals surface area contributed by atoms with E-state index in [1.807, 2.05) is 0 Å². The van der Waals surface area contributed by atoms with Gasteiger partial charge in [-0.1, -0.05) is 12.1 Å². The van der Waals surface area contributed by atoms with Gasteiger partial charge in [-0.15, -0.1) is 0 Å². The van der Waals surface area contributed by atoms with E-state index < -0.39 is 31.2 Å². The van der Waals surface area contributed by atoms with Crippen LogP contribution in [0.5, 0.6) is 0 Å². The molecule has 0 aliphatic heterocycles. The van der Waals surface area contributed by atoms with E-state index in [4.69, 9.17) is 19.3 Å². The number of carbonyl (C=O) groups is 2. The van der Waals surface area contributed by atoms with Gasteiger partial charge in [-0.25, -0.2) is 19.1 Å². The molecule has 0 fully saturated rings. The Hall–Kier alpha value is -2.46. The Bertz CT molecular complexity index is 805. The highest BCUT2D eigenvalue weighted by Gasteiger charge is 2.21. The molecule has 0 spiro atoms. The molecule has 0 heterocycles. The zero-order valence-electron chi connectivity index (χ0n) is 17.8. The van der Waals surface area contributed by atoms with E-state index in [1.54, 1.807) is 59.7 Å². The molecular formula is C18H28N3O8P. The van der Waals surface area contributed by atoms with Crippen LogP contribution in [0.4, 0.5) is 15.3 Å². The van der Waals surface area contributed by atoms with Crippen molar-refractivity contribution in [1.82, 2.24) is 10.6 Å². The molecule has 1 aromatic carbocycles. The van der Waals surface area contributed by atoms with E-state index in [9.17, 15) is 14.2 Å². The number of aliphatic imine (C=N–C) groups is 1. The standard InChI is InChI=1S/C18H28N3O8P/c1-17(2,3)28-15(22)20-14(21-16(23)29-18(4,5)6)19-13-9-7-8-12(10-13)11-27-30(24,25)26/h7-10H,11H2,1-6H3,(H2,24,25,26)(H2,19,20,21,22,23). The number of hydrogen-bond donors (Lipinski definition) is 4. The highest BCUT2D eigenvalue weighted by molar-refractivity contribution is 7.46. The molecule has 1 rings (SSSR count). The van der Waals surface area contributed by atoms with Gasteiger partial charge in [-0.2, -0.15) is 0 Å². The minimum absolute atomic E-state index is 0.258. The lowest BCUT2D eigenvalue weighted by Gasteiger charge is -2.22. The Morgan fingerprint density at radius 3 is 1.93 bits per heavy atom. The Balaban J connectivity index is 3.07. The number of nitrogens with one attached hydrogen (secondary N) is 2. The number of nitrogens with zero attached hydrogens (tertiary/aromatic N) is 1. The molecule has 168 valence electrons. The van der Waals surface area contributed by atoms with Crippen molar-refractivity contribution in [3.05, 3.63) is 29.8 Å². The van der Waals surface area contributed by atoms with Crippen molar-refractivity contribution < 1.29 is 37.9 Å². The molecule has 0 aliphatic carbocycles. The molecule has 0 saturated carbocycles. The summed E-state index contributed by atoms with van der Waals surface area (Å²) in [6.45, 7) is 9.70. The van der Waals surface area contributed by atoms with Crippen LogP contribution in [0.1, 0.15) is 47.1 Å². The summed E-state index contributed by atoms with van der Waals surface area (Å²) in [4.78, 5) is 46.0. The van der Waals surface area contributed by atoms with Crippen LogP contribution >= 0.6 is 7.82 Å². The van der Waals surface area contributed by atoms with Crippen molar-refractivity contribution in [3.63, 3.8) is 0 Å². The second kappa shape index (κ2) is 10.0. The number of alkyl carbamates (subject to hydrolysis) is 2. The maximum atomic E-state index is 12.1. The van der Waals surface area contributed by atoms with Gasteiger partial charge >= 0.3 is 20.0 Å². The van der Waals surface area contributed by atoms with Crippen LogP contribution in [-0.4, -0.2) is 39.1 Å². The quantitative estimate of drug-likeness (QED) is 0.312. The molecule has 4 N–H and O–H groups in total. The minimum Gasteiger partial charge on any atom is -0.444 e. The summed E-state index contributed by atoms with van der Waals surface area (Å²) in [5.74, 6) is -0.258. The predicted molar refractivity (Wildman–Crippen MR) is 109 cm³/mol. The summed E-state index contributed by atoms with van der Waals surface area (Å²) in [5, 5.41) is 4.67. The second-order valence-corrected chi connectivity index (χ2v) is 9.39. The van der Waals surface area contributed by atoms with E-state index >= 15 is 0 Å². The monoisotopic (exact) mass is 445 g/mol. The first kappa shape index (κ1) is 25.6. The fourth-order valence-corrected chi connectivity index (χ4v) is 2.21. The van der Waals surface area contributed by atoms with Gasteiger partial charge < -0.3 is 19.3 Å². The molecule has 0 aromatic heterocycles. The molecule has 0 unspecified atom stereocenters. The number of guanidine groups is 1. The largest absolute Gasteiger partial charge is 0.469 e. The van der Waals surface area contributed by atoms with Gasteiger partial charge in [-0.3, -0.25) is 15.2 Å². The van der Waals surface area contributed by atoms with Crippen molar-refractivity contribution in [3.8, 4) is 0 Å². The smallest absolute Gasteiger partial charge is 0.444 e. The lowest BCUT2D eigenvalue weighted by molar-refractivity contribution is 0.0545. The van der Waals surface area contributed by atoms with Crippen LogP contribution in [0.3, 0.4) is 0 Å². The number of amides is 2. The van der Waals surface area contributed by atoms with Crippen molar-refractivity contribution in [1.29, 1.82) is 0 Å². The fraction of sp³-hybridized carbons (Fsp3) is 0.500. The van der Waals surface area contributed by atoms with Gasteiger partial charge in [0, 0.05) is 0 Å². The zero-order valence-corrected chi connectivity index (χ0v) is 18.6. The molecule has 0 atom stereocenters. The van der Waals surface area contributed by atoms with E-state index in [2.05, 4.69) is 20.1 Å². The van der Waals surface area contributed by atoms with E-state index in [0.29, 0.717) is 5.56 Å². The maximum absolute atomic E-state index is 12.1. The van der Waals surface area contributed by atoms with Crippen molar-refractivity contribution in [2.24, 2.45) is 4.99 Å². The van der Waals surface area contributed by atoms with Gasteiger partial charge in [0.15, 0.2) is 0 Å². The number of ether oxygens (including phenoxy) is 2. The van der Waals surface area contributed by atoms with Crippen molar-refractivity contribution >= 4 is 31.7 Å². The highest BCUT2D eigenvalue weighted by atomic mass is 31.2. The van der Waals surface area contributed by atoms with E-state index in [0.717, 1.165) is 0 Å². The second-order valence-electron chi connectivity index (χ2n) is 8.15. The highest BCUT2D eigenvalue weighted by Crippen LogP contribution is 2.37. The van der Waals surface area contributed by atoms with Gasteiger partial charge in [0.2, 0.25) is 5.96 Å². The lowest BCUT2D eigenvalue weighted by atomic mass is 10.2. The summed E-state index contributed by atoms with van der Waals surface area (Å²) in [7, 11) is -4.63. The molecule has 1 aromatic rings. The molecule has 0 radical (unpaired) electrons. The lowest BCUT2D eigenvalue weighted by Crippen LogP contribution is -2.47. The van der Waals surface area contributed by atoms with Crippen LogP contribution in [-0.2, 0) is 25.2 Å². The Labute approximate surface area is 175 Å². The normalized spacial score (nSPS) is 12.0. The van der Waals surface area contributed by atoms with Gasteiger partial charge in [0.25, 0.3) is 0 Å². The summed E-state index contributed by atoms with van der Waals surface area (Å²) >= 11 is 0. The number of hydrogen-bond acceptors (Lipinski definition) is 7. The first-order valence-corrected chi connectivity index (χ1v) is 10.4. The third-order valence-electron chi connectivity index (χ3n) is 2.79. The summed E-state index contributed by atoms with van der Waals surface area (Å²) in [5.41, 5.74) is -0.876. The molecule has 0 aliphatic rings. The molecule has 0 bridgehead atoms. The van der Waals surface area contributed by atoms with E-state index in [-0.39, 0.29) is 18.3 Å². The van der Waals surface area contributed by atoms with Crippen LogP contribution < -0.4 is 10.6 Å². The Morgan fingerprint density at radius 2 is 1.50 bits per heavy atom. The summed E-state index contributed by atoms with van der Waals surface area (Å²) < 4.78 is 25.6. The zero-order chi connectivity index (χ0) is 23.2. The molecule has 11 nitrogen and oxygen atoms in total. The number of carbonyl (C=O) groups excluding carboxylic acids is 2. The number of benzene rings is 1. The van der Waals surface area contributed by atoms with Crippen LogP contribution in [0.25, 0.3) is 0 Å². The van der Waals surface area contributed by atoms with Crippen molar-refractivity contribution in [2.45, 2.75) is 59.4 Å². The van der Waals surface area contributed by atoms with Crippen LogP contribution in [0.15, 0.2) is 29.3 Å². The van der Waals surface area contributed by atoms with E-state index in [1.165, 1.54) is 6.07 Å². The summed E-state index contributed by atoms with van der Waals surface area (Å²) in [6, 6.07) is 6.14. The first-order chi connectivity index (χ1) is 13.5. The van der Waals surface area contributed by atoms with Crippen LogP contribution in [0.2, 0.25) is 0 Å². The Kier molecular flexibility index (Phi) is 8.55. The molecular weight excluding hydrogens is 417 g/mol. The average Bonchev–Trinajstić information content (AvgIpc) is 2.48. The predicted octanol–water partition coefficient (Wildman–Crippen LogP) is 3.33. The minimum atomic E-state index is -4.63. The van der Waals surface area contributed by atoms with Gasteiger partial charge in [0.05, 0.1) is 12.3 Å². The number of rotatable bonds is 4. The average molecular weight is 445 g/mol. The maximum Gasteiger partial charge on any atom is 0.469 e. The molecule has 2 amide bonds. The number of phosphoric acid groups is 1. The molecule has 30 heavy (non-hydrogen) atoms. The first-order valence-electron chi connectivity index (χ1n) is 8.90. The topological polar surface area (TPSA) is 156 Å². The Morgan fingerprint density at radius 1 is 1.00 bits per heavy atom. The molecule has 0 saturated heterocycles. The third kappa shape index (κ3) is 12.2. The summed E-state index contributed by atoms with van der Waals surface area (Å²) in [6.07, 6.45) is -1.70. The SMILES string of the molecule is CC(C)(C)OC(=O)NC(=Nc1cccc(COP(=O)(O)O)c1)NC(=O)OC(C)(C)C. The number of phosphoric ester groups is 1. The van der Waals surface area contributed by atoms with Gasteiger partial charge in [0.1, 0.15) is 11.2 Å². The fourth-order valence-electron chi connectivity index (χ4n) is 1.89. The van der Waals surface area contributed by atoms with Crippen molar-refractivity contribution in [2.75, 3.05) is 0 Å². The van der Waals surface area contributed by atoms with Crippen LogP contribution in [0, 0.1) is 0 Å².